The van der Waals surface area contributed by atoms with E-state index in [0.717, 1.165) is 6.07 Å². The van der Waals surface area contributed by atoms with Crippen LogP contribution in [0.2, 0.25) is 0 Å². The monoisotopic (exact) mass is 345 g/mol. The molecule has 7 heteroatoms. The van der Waals surface area contributed by atoms with E-state index in [9.17, 15) is 14.0 Å². The summed E-state index contributed by atoms with van der Waals surface area (Å²) >= 11 is 0. The summed E-state index contributed by atoms with van der Waals surface area (Å²) < 4.78 is 18.6. The molecule has 2 aromatic rings. The number of hydrogen-bond donors (Lipinski definition) is 3. The maximum Gasteiger partial charge on any atom is 0.319 e. The first kappa shape index (κ1) is 18.3. The first-order valence-corrected chi connectivity index (χ1v) is 7.72. The number of ether oxygens (including phenoxy) is 1. The van der Waals surface area contributed by atoms with Gasteiger partial charge in [0.1, 0.15) is 0 Å². The topological polar surface area (TPSA) is 79.5 Å². The summed E-state index contributed by atoms with van der Waals surface area (Å²) in [6, 6.07) is 10.3. The third-order valence-electron chi connectivity index (χ3n) is 3.26. The lowest BCUT2D eigenvalue weighted by molar-refractivity contribution is 0.102. The van der Waals surface area contributed by atoms with Crippen LogP contribution < -0.4 is 20.7 Å². The van der Waals surface area contributed by atoms with Gasteiger partial charge in [0.05, 0.1) is 18.5 Å². The molecule has 0 saturated carbocycles. The van der Waals surface area contributed by atoms with E-state index in [1.807, 2.05) is 13.8 Å². The molecule has 2 aromatic carbocycles. The highest BCUT2D eigenvalue weighted by Crippen LogP contribution is 2.23. The van der Waals surface area contributed by atoms with E-state index in [1.165, 1.54) is 19.2 Å². The maximum absolute atomic E-state index is 13.8. The Hall–Kier alpha value is -3.09. The van der Waals surface area contributed by atoms with Gasteiger partial charge in [-0.2, -0.15) is 0 Å². The van der Waals surface area contributed by atoms with Gasteiger partial charge in [0, 0.05) is 11.6 Å². The molecule has 0 unspecified atom stereocenters. The third-order valence-corrected chi connectivity index (χ3v) is 3.26. The fourth-order valence-electron chi connectivity index (χ4n) is 2.12. The molecule has 0 saturated heterocycles. The fourth-order valence-corrected chi connectivity index (χ4v) is 2.12. The Balaban J connectivity index is 2.15. The molecule has 132 valence electrons. The maximum atomic E-state index is 13.8. The number of halogens is 1. The predicted molar refractivity (Wildman–Crippen MR) is 94.6 cm³/mol. The van der Waals surface area contributed by atoms with Crippen molar-refractivity contribution in [3.63, 3.8) is 0 Å². The second kappa shape index (κ2) is 8.14. The van der Waals surface area contributed by atoms with Crippen LogP contribution in [0.15, 0.2) is 42.5 Å². The molecule has 0 aromatic heterocycles. The Morgan fingerprint density at radius 3 is 2.24 bits per heavy atom. The number of anilines is 2. The van der Waals surface area contributed by atoms with Crippen molar-refractivity contribution < 1.29 is 18.7 Å². The normalized spacial score (nSPS) is 10.3. The minimum Gasteiger partial charge on any atom is -0.494 e. The summed E-state index contributed by atoms with van der Waals surface area (Å²) in [4.78, 5) is 24.2. The first-order valence-electron chi connectivity index (χ1n) is 7.72. The summed E-state index contributed by atoms with van der Waals surface area (Å²) in [5, 5.41) is 8.03. The zero-order chi connectivity index (χ0) is 18.4. The smallest absolute Gasteiger partial charge is 0.319 e. The number of amides is 3. The number of benzene rings is 2. The van der Waals surface area contributed by atoms with Gasteiger partial charge < -0.3 is 20.7 Å². The number of carbonyl (C=O) groups excluding carboxylic acids is 2. The van der Waals surface area contributed by atoms with Gasteiger partial charge in [-0.15, -0.1) is 0 Å². The highest BCUT2D eigenvalue weighted by atomic mass is 19.1. The second-order valence-electron chi connectivity index (χ2n) is 5.60. The number of hydrogen-bond acceptors (Lipinski definition) is 3. The van der Waals surface area contributed by atoms with Crippen LogP contribution in [0.1, 0.15) is 24.2 Å². The van der Waals surface area contributed by atoms with E-state index in [-0.39, 0.29) is 23.4 Å². The minimum atomic E-state index is -0.627. The molecule has 3 N–H and O–H groups in total. The summed E-state index contributed by atoms with van der Waals surface area (Å²) in [6.45, 7) is 3.68. The van der Waals surface area contributed by atoms with Crippen molar-refractivity contribution in [3.05, 3.63) is 53.8 Å². The van der Waals surface area contributed by atoms with Crippen molar-refractivity contribution in [1.82, 2.24) is 5.32 Å². The van der Waals surface area contributed by atoms with Crippen molar-refractivity contribution >= 4 is 23.3 Å². The van der Waals surface area contributed by atoms with Crippen LogP contribution in [0, 0.1) is 5.82 Å². The van der Waals surface area contributed by atoms with Crippen molar-refractivity contribution in [2.45, 2.75) is 19.9 Å². The molecule has 0 aliphatic carbocycles. The number of urea groups is 1. The van der Waals surface area contributed by atoms with Crippen LogP contribution in [-0.4, -0.2) is 25.1 Å². The molecule has 0 bridgehead atoms. The summed E-state index contributed by atoms with van der Waals surface area (Å²) in [5.41, 5.74) is 0.977. The Kier molecular flexibility index (Phi) is 5.94. The van der Waals surface area contributed by atoms with Gasteiger partial charge in [-0.05, 0) is 44.2 Å². The highest BCUT2D eigenvalue weighted by Gasteiger charge is 2.13. The van der Waals surface area contributed by atoms with Crippen molar-refractivity contribution in [3.8, 4) is 5.75 Å². The quantitative estimate of drug-likeness (QED) is 0.774. The number of rotatable bonds is 5. The number of methoxy groups -OCH3 is 1. The summed E-state index contributed by atoms with van der Waals surface area (Å²) in [5.74, 6) is -1.07. The molecule has 0 fully saturated rings. The van der Waals surface area contributed by atoms with E-state index < -0.39 is 11.7 Å². The van der Waals surface area contributed by atoms with E-state index in [1.54, 1.807) is 24.3 Å². The average molecular weight is 345 g/mol. The van der Waals surface area contributed by atoms with E-state index in [2.05, 4.69) is 16.0 Å². The van der Waals surface area contributed by atoms with Gasteiger partial charge in [0.2, 0.25) is 0 Å². The van der Waals surface area contributed by atoms with Crippen LogP contribution in [0.3, 0.4) is 0 Å². The first-order chi connectivity index (χ1) is 11.9. The van der Waals surface area contributed by atoms with Gasteiger partial charge in [-0.1, -0.05) is 12.1 Å². The highest BCUT2D eigenvalue weighted by molar-refractivity contribution is 6.07. The van der Waals surface area contributed by atoms with Crippen LogP contribution in [0.4, 0.5) is 20.6 Å². The van der Waals surface area contributed by atoms with Gasteiger partial charge in [-0.3, -0.25) is 4.79 Å². The molecule has 0 atom stereocenters. The molecule has 0 radical (unpaired) electrons. The average Bonchev–Trinajstić information content (AvgIpc) is 2.55. The van der Waals surface area contributed by atoms with Crippen molar-refractivity contribution in [2.75, 3.05) is 17.7 Å². The second-order valence-corrected chi connectivity index (χ2v) is 5.60. The summed E-state index contributed by atoms with van der Waals surface area (Å²) in [6.07, 6.45) is 0. The van der Waals surface area contributed by atoms with E-state index >= 15 is 0 Å². The molecule has 0 aliphatic rings. The molecule has 2 rings (SSSR count). The Bertz CT molecular complexity index is 778. The van der Waals surface area contributed by atoms with Crippen LogP contribution >= 0.6 is 0 Å². The third kappa shape index (κ3) is 4.94. The largest absolute Gasteiger partial charge is 0.494 e. The van der Waals surface area contributed by atoms with Gasteiger partial charge >= 0.3 is 6.03 Å². The van der Waals surface area contributed by atoms with Gasteiger partial charge in [0.25, 0.3) is 5.91 Å². The molecule has 0 spiro atoms. The lowest BCUT2D eigenvalue weighted by Crippen LogP contribution is -2.34. The molecule has 0 heterocycles. The SMILES string of the molecule is COc1ccc(C(=O)Nc2ccccc2NC(=O)NC(C)C)cc1F. The van der Waals surface area contributed by atoms with Crippen LogP contribution in [0.5, 0.6) is 5.75 Å². The standard InChI is InChI=1S/C18H20FN3O3/c1-11(2)20-18(24)22-15-7-5-4-6-14(15)21-17(23)12-8-9-16(25-3)13(19)10-12/h4-11H,1-3H3,(H,21,23)(H2,20,22,24). The molecule has 25 heavy (non-hydrogen) atoms. The van der Waals surface area contributed by atoms with E-state index in [0.29, 0.717) is 11.4 Å². The zero-order valence-corrected chi connectivity index (χ0v) is 14.2. The fraction of sp³-hybridized carbons (Fsp3) is 0.222. The number of nitrogens with one attached hydrogen (secondary N) is 3. The van der Waals surface area contributed by atoms with E-state index in [4.69, 9.17) is 4.74 Å². The lowest BCUT2D eigenvalue weighted by Gasteiger charge is -2.14. The van der Waals surface area contributed by atoms with Gasteiger partial charge in [-0.25, -0.2) is 9.18 Å². The Morgan fingerprint density at radius 1 is 1.04 bits per heavy atom. The van der Waals surface area contributed by atoms with Crippen molar-refractivity contribution in [2.24, 2.45) is 0 Å². The van der Waals surface area contributed by atoms with Gasteiger partial charge in [0.15, 0.2) is 11.6 Å². The molecule has 6 nitrogen and oxygen atoms in total. The number of carbonyl (C=O) groups is 2. The zero-order valence-electron chi connectivity index (χ0n) is 14.2. The Labute approximate surface area is 145 Å². The molecule has 0 aliphatic heterocycles. The van der Waals surface area contributed by atoms with Crippen LogP contribution in [-0.2, 0) is 0 Å². The molecule has 3 amide bonds. The van der Waals surface area contributed by atoms with Crippen molar-refractivity contribution in [1.29, 1.82) is 0 Å². The number of para-hydroxylation sites is 2. The predicted octanol–water partition coefficient (Wildman–Crippen LogP) is 3.62. The minimum absolute atomic E-state index is 0.0240. The molecular weight excluding hydrogens is 325 g/mol. The van der Waals surface area contributed by atoms with Crippen LogP contribution in [0.25, 0.3) is 0 Å². The summed E-state index contributed by atoms with van der Waals surface area (Å²) in [7, 11) is 1.35. The molecular formula is C18H20FN3O3. The lowest BCUT2D eigenvalue weighted by atomic mass is 10.2. The Morgan fingerprint density at radius 2 is 1.68 bits per heavy atom.